The van der Waals surface area contributed by atoms with Crippen molar-refractivity contribution in [3.8, 4) is 6.07 Å². The summed E-state index contributed by atoms with van der Waals surface area (Å²) in [5.74, 6) is 0. The Balaban J connectivity index is 3.29. The number of ether oxygens (including phenoxy) is 1. The average Bonchev–Trinajstić information content (AvgIpc) is 2.05. The molecule has 0 fully saturated rings. The van der Waals surface area contributed by atoms with Crippen molar-refractivity contribution in [3.63, 3.8) is 0 Å². The van der Waals surface area contributed by atoms with Crippen molar-refractivity contribution in [1.82, 2.24) is 5.32 Å². The van der Waals surface area contributed by atoms with Crippen molar-refractivity contribution in [2.45, 2.75) is 31.9 Å². The molecular formula is C9H18N2O2. The molecule has 0 heterocycles. The first-order chi connectivity index (χ1) is 6.20. The minimum Gasteiger partial charge on any atom is -0.391 e. The zero-order valence-electron chi connectivity index (χ0n) is 8.29. The fourth-order valence-corrected chi connectivity index (χ4v) is 0.981. The highest BCUT2D eigenvalue weighted by Gasteiger charge is 2.04. The van der Waals surface area contributed by atoms with Crippen molar-refractivity contribution in [2.75, 3.05) is 20.3 Å². The second-order valence-electron chi connectivity index (χ2n) is 3.12. The predicted molar refractivity (Wildman–Crippen MR) is 50.2 cm³/mol. The van der Waals surface area contributed by atoms with Gasteiger partial charge in [0.2, 0.25) is 0 Å². The lowest BCUT2D eigenvalue weighted by Gasteiger charge is -2.12. The van der Waals surface area contributed by atoms with E-state index in [9.17, 15) is 5.11 Å². The summed E-state index contributed by atoms with van der Waals surface area (Å²) in [5.41, 5.74) is 0. The summed E-state index contributed by atoms with van der Waals surface area (Å²) in [6.45, 7) is 3.04. The Hall–Kier alpha value is -0.630. The zero-order chi connectivity index (χ0) is 10.1. The largest absolute Gasteiger partial charge is 0.391 e. The van der Waals surface area contributed by atoms with E-state index in [0.29, 0.717) is 26.0 Å². The summed E-state index contributed by atoms with van der Waals surface area (Å²) in [7, 11) is 1.56. The monoisotopic (exact) mass is 186 g/mol. The fraction of sp³-hybridized carbons (Fsp3) is 0.889. The van der Waals surface area contributed by atoms with Crippen LogP contribution in [0.5, 0.6) is 0 Å². The summed E-state index contributed by atoms with van der Waals surface area (Å²) in [6, 6.07) is 2.28. The topological polar surface area (TPSA) is 65.3 Å². The van der Waals surface area contributed by atoms with Crippen LogP contribution in [0.25, 0.3) is 0 Å². The number of nitriles is 1. The molecule has 2 N–H and O–H groups in total. The van der Waals surface area contributed by atoms with Gasteiger partial charge >= 0.3 is 0 Å². The lowest BCUT2D eigenvalue weighted by molar-refractivity contribution is 0.0591. The van der Waals surface area contributed by atoms with Crippen molar-refractivity contribution in [3.05, 3.63) is 0 Å². The summed E-state index contributed by atoms with van der Waals surface area (Å²) >= 11 is 0. The first-order valence-corrected chi connectivity index (χ1v) is 4.48. The van der Waals surface area contributed by atoms with E-state index >= 15 is 0 Å². The molecule has 0 spiro atoms. The first-order valence-electron chi connectivity index (χ1n) is 4.48. The molecule has 0 aromatic carbocycles. The number of methoxy groups -OCH3 is 1. The lowest BCUT2D eigenvalue weighted by Crippen LogP contribution is -2.29. The van der Waals surface area contributed by atoms with E-state index in [-0.39, 0.29) is 6.04 Å². The van der Waals surface area contributed by atoms with Crippen LogP contribution in [-0.4, -0.2) is 37.5 Å². The maximum atomic E-state index is 9.26. The highest BCUT2D eigenvalue weighted by molar-refractivity contribution is 4.77. The van der Waals surface area contributed by atoms with Crippen molar-refractivity contribution >= 4 is 0 Å². The van der Waals surface area contributed by atoms with Gasteiger partial charge in [0, 0.05) is 13.2 Å². The standard InChI is InChI=1S/C9H18N2O2/c1-8(3-5-10)11-6-4-9(12)7-13-2/h8-9,11-12H,3-4,6-7H2,1-2H3. The summed E-state index contributed by atoms with van der Waals surface area (Å²) in [4.78, 5) is 0. The lowest BCUT2D eigenvalue weighted by atomic mass is 10.2. The number of rotatable bonds is 7. The van der Waals surface area contributed by atoms with E-state index in [0.717, 1.165) is 0 Å². The van der Waals surface area contributed by atoms with Gasteiger partial charge in [-0.1, -0.05) is 0 Å². The van der Waals surface area contributed by atoms with Crippen LogP contribution in [-0.2, 0) is 4.74 Å². The van der Waals surface area contributed by atoms with Gasteiger partial charge in [0.25, 0.3) is 0 Å². The van der Waals surface area contributed by atoms with Gasteiger partial charge in [-0.2, -0.15) is 5.26 Å². The normalized spacial score (nSPS) is 14.9. The van der Waals surface area contributed by atoms with Gasteiger partial charge in [0.15, 0.2) is 0 Å². The smallest absolute Gasteiger partial charge is 0.0785 e. The highest BCUT2D eigenvalue weighted by Crippen LogP contribution is 1.93. The molecule has 0 rings (SSSR count). The predicted octanol–water partition coefficient (Wildman–Crippen LogP) is 0.276. The molecule has 0 saturated carbocycles. The Labute approximate surface area is 79.5 Å². The maximum Gasteiger partial charge on any atom is 0.0785 e. The quantitative estimate of drug-likeness (QED) is 0.599. The van der Waals surface area contributed by atoms with Gasteiger partial charge in [-0.05, 0) is 19.9 Å². The molecule has 76 valence electrons. The van der Waals surface area contributed by atoms with Crippen LogP contribution in [0.1, 0.15) is 19.8 Å². The van der Waals surface area contributed by atoms with Crippen LogP contribution in [0.4, 0.5) is 0 Å². The van der Waals surface area contributed by atoms with E-state index in [1.165, 1.54) is 0 Å². The van der Waals surface area contributed by atoms with Crippen LogP contribution in [0, 0.1) is 11.3 Å². The molecule has 0 saturated heterocycles. The Morgan fingerprint density at radius 1 is 1.62 bits per heavy atom. The van der Waals surface area contributed by atoms with Crippen LogP contribution in [0.3, 0.4) is 0 Å². The molecule has 0 bridgehead atoms. The Morgan fingerprint density at radius 2 is 2.31 bits per heavy atom. The summed E-state index contributed by atoms with van der Waals surface area (Å²) < 4.78 is 4.78. The third kappa shape index (κ3) is 7.72. The minimum atomic E-state index is -0.410. The highest BCUT2D eigenvalue weighted by atomic mass is 16.5. The van der Waals surface area contributed by atoms with Gasteiger partial charge in [-0.25, -0.2) is 0 Å². The number of nitrogens with zero attached hydrogens (tertiary/aromatic N) is 1. The fourth-order valence-electron chi connectivity index (χ4n) is 0.981. The average molecular weight is 186 g/mol. The van der Waals surface area contributed by atoms with Crippen molar-refractivity contribution < 1.29 is 9.84 Å². The second kappa shape index (κ2) is 7.99. The van der Waals surface area contributed by atoms with Crippen LogP contribution in [0.2, 0.25) is 0 Å². The van der Waals surface area contributed by atoms with Crippen LogP contribution in [0.15, 0.2) is 0 Å². The molecule has 0 aromatic heterocycles. The molecule has 4 nitrogen and oxygen atoms in total. The maximum absolute atomic E-state index is 9.26. The van der Waals surface area contributed by atoms with E-state index in [4.69, 9.17) is 10.00 Å². The van der Waals surface area contributed by atoms with E-state index < -0.39 is 6.10 Å². The Kier molecular flexibility index (Phi) is 7.60. The van der Waals surface area contributed by atoms with E-state index in [2.05, 4.69) is 11.4 Å². The minimum absolute atomic E-state index is 0.194. The summed E-state index contributed by atoms with van der Waals surface area (Å²) in [6.07, 6.45) is 0.746. The molecule has 0 aliphatic carbocycles. The first kappa shape index (κ1) is 12.4. The number of hydrogen-bond acceptors (Lipinski definition) is 4. The second-order valence-corrected chi connectivity index (χ2v) is 3.12. The molecule has 0 amide bonds. The van der Waals surface area contributed by atoms with E-state index in [1.54, 1.807) is 7.11 Å². The van der Waals surface area contributed by atoms with Crippen molar-refractivity contribution in [2.24, 2.45) is 0 Å². The molecule has 0 radical (unpaired) electrons. The SMILES string of the molecule is COCC(O)CCNC(C)CC#N. The van der Waals surface area contributed by atoms with Crippen LogP contribution < -0.4 is 5.32 Å². The molecule has 2 atom stereocenters. The molecule has 0 aliphatic heterocycles. The van der Waals surface area contributed by atoms with E-state index in [1.807, 2.05) is 6.92 Å². The number of aliphatic hydroxyl groups is 1. The zero-order valence-corrected chi connectivity index (χ0v) is 8.29. The molecular weight excluding hydrogens is 168 g/mol. The Morgan fingerprint density at radius 3 is 2.85 bits per heavy atom. The molecule has 13 heavy (non-hydrogen) atoms. The molecule has 0 aromatic rings. The van der Waals surface area contributed by atoms with Gasteiger partial charge in [-0.3, -0.25) is 0 Å². The summed E-state index contributed by atoms with van der Waals surface area (Å²) in [5, 5.41) is 20.8. The third-order valence-corrected chi connectivity index (χ3v) is 1.73. The Bertz CT molecular complexity index is 156. The van der Waals surface area contributed by atoms with Crippen LogP contribution >= 0.6 is 0 Å². The number of hydrogen-bond donors (Lipinski definition) is 2. The van der Waals surface area contributed by atoms with Gasteiger partial charge in [0.05, 0.1) is 25.2 Å². The van der Waals surface area contributed by atoms with Gasteiger partial charge in [-0.15, -0.1) is 0 Å². The molecule has 2 unspecified atom stereocenters. The van der Waals surface area contributed by atoms with Gasteiger partial charge < -0.3 is 15.2 Å². The number of nitrogens with one attached hydrogen (secondary N) is 1. The third-order valence-electron chi connectivity index (χ3n) is 1.73. The van der Waals surface area contributed by atoms with Crippen molar-refractivity contribution in [1.29, 1.82) is 5.26 Å². The molecule has 4 heteroatoms. The number of aliphatic hydroxyl groups excluding tert-OH is 1. The van der Waals surface area contributed by atoms with Gasteiger partial charge in [0.1, 0.15) is 0 Å². The molecule has 0 aliphatic rings.